The van der Waals surface area contributed by atoms with Crippen LogP contribution in [0.3, 0.4) is 0 Å². The Bertz CT molecular complexity index is 58.0. The maximum atomic E-state index is 9.12. The van der Waals surface area contributed by atoms with Crippen LogP contribution in [0.15, 0.2) is 0 Å². The number of rotatable bonds is 1. The molecule has 0 radical (unpaired) electrons. The van der Waals surface area contributed by atoms with E-state index in [4.69, 9.17) is 18.7 Å². The molecule has 0 aliphatic heterocycles. The minimum Gasteiger partial charge on any atom is -0.771 e. The minimum absolute atomic E-state index is 0. The first-order valence-corrected chi connectivity index (χ1v) is 2.47. The number of aliphatic hydroxyl groups is 1. The van der Waals surface area contributed by atoms with Crippen LogP contribution in [-0.2, 0) is 15.9 Å². The molecule has 0 aliphatic carbocycles. The Morgan fingerprint density at radius 3 is 1.75 bits per heavy atom. The van der Waals surface area contributed by atoms with Gasteiger partial charge < -0.3 is 14.5 Å². The first-order valence-electron chi connectivity index (χ1n) is 1.23. The molecule has 0 amide bonds. The van der Waals surface area contributed by atoms with Crippen molar-refractivity contribution < 1.29 is 48.2 Å². The second-order valence-corrected chi connectivity index (χ2v) is 1.30. The third-order valence-electron chi connectivity index (χ3n) is 0.105. The van der Waals surface area contributed by atoms with Crippen LogP contribution < -0.4 is 29.6 Å². The average molecular weight is 148 g/mol. The molecule has 0 spiro atoms. The van der Waals surface area contributed by atoms with Gasteiger partial charge in [-0.2, -0.15) is 0 Å². The first kappa shape index (κ1) is 15.9. The summed E-state index contributed by atoms with van der Waals surface area (Å²) in [6.45, 7) is 2.00. The van der Waals surface area contributed by atoms with Gasteiger partial charge in [0, 0.05) is 0 Å². The van der Waals surface area contributed by atoms with Gasteiger partial charge in [-0.3, -0.25) is 4.21 Å². The van der Waals surface area contributed by atoms with E-state index < -0.39 is 17.0 Å². The molecule has 0 aromatic rings. The third kappa shape index (κ3) is 29.6. The fraction of sp³-hybridized carbons (Fsp3) is 0.500. The van der Waals surface area contributed by atoms with Crippen molar-refractivity contribution in [2.45, 2.75) is 0 Å². The molecule has 6 heteroatoms. The summed E-state index contributed by atoms with van der Waals surface area (Å²) in [4.78, 5) is 8.00. The second-order valence-electron chi connectivity index (χ2n) is 0.433. The van der Waals surface area contributed by atoms with E-state index in [0.29, 0.717) is 0 Å². The topological polar surface area (TPSA) is 77.4 Å². The third-order valence-corrected chi connectivity index (χ3v) is 0.316. The molecule has 4 nitrogen and oxygen atoms in total. The molecule has 0 saturated carbocycles. The summed E-state index contributed by atoms with van der Waals surface area (Å²) in [6, 6.07) is 0. The molecule has 0 aromatic heterocycles. The first-order chi connectivity index (χ1) is 3.27. The van der Waals surface area contributed by atoms with Crippen molar-refractivity contribution >= 4 is 17.9 Å². The van der Waals surface area contributed by atoms with Crippen LogP contribution in [0.2, 0.25) is 0 Å². The van der Waals surface area contributed by atoms with Crippen LogP contribution in [0, 0.1) is 0 Å². The van der Waals surface area contributed by atoms with Crippen molar-refractivity contribution in [3.8, 4) is 0 Å². The van der Waals surface area contributed by atoms with E-state index >= 15 is 0 Å². The number of carbonyl (C=O) groups is 1. The second kappa shape index (κ2) is 15.6. The molecule has 1 N–H and O–H groups in total. The summed E-state index contributed by atoms with van der Waals surface area (Å²) in [5, 5.41) is 7.53. The molecule has 0 fully saturated rings. The summed E-state index contributed by atoms with van der Waals surface area (Å²) in [5.41, 5.74) is 0. The Morgan fingerprint density at radius 1 is 1.62 bits per heavy atom. The van der Waals surface area contributed by atoms with Crippen LogP contribution in [0.1, 0.15) is 0 Å². The van der Waals surface area contributed by atoms with Gasteiger partial charge in [-0.15, -0.1) is 0 Å². The van der Waals surface area contributed by atoms with Crippen LogP contribution in [0.5, 0.6) is 0 Å². The molecule has 0 saturated heterocycles. The summed E-state index contributed by atoms with van der Waals surface area (Å²) < 4.78 is 18.2. The van der Waals surface area contributed by atoms with Gasteiger partial charge in [0.2, 0.25) is 0 Å². The number of hydrogen-bond donors (Lipinski definition) is 1. The van der Waals surface area contributed by atoms with Gasteiger partial charge in [-0.1, -0.05) is 0 Å². The molecule has 0 aliphatic rings. The van der Waals surface area contributed by atoms with Crippen molar-refractivity contribution in [2.24, 2.45) is 0 Å². The predicted molar refractivity (Wildman–Crippen MR) is 23.1 cm³/mol. The van der Waals surface area contributed by atoms with E-state index in [1.165, 1.54) is 0 Å². The molecule has 0 bridgehead atoms. The summed E-state index contributed by atoms with van der Waals surface area (Å²) in [7, 11) is 0. The van der Waals surface area contributed by atoms with Gasteiger partial charge in [0.15, 0.2) is 0 Å². The zero-order valence-electron chi connectivity index (χ0n) is 4.49. The fourth-order valence-corrected chi connectivity index (χ4v) is 0. The van der Waals surface area contributed by atoms with Gasteiger partial charge in [0.1, 0.15) is 12.7 Å². The Labute approximate surface area is 71.9 Å². The summed E-state index contributed by atoms with van der Waals surface area (Å²) in [5.74, 6) is -0.778. The summed E-state index contributed by atoms with van der Waals surface area (Å²) >= 11 is -2.27. The van der Waals surface area contributed by atoms with E-state index in [2.05, 4.69) is 0 Å². The van der Waals surface area contributed by atoms with E-state index in [1.807, 2.05) is 6.79 Å². The maximum Gasteiger partial charge on any atom is 1.00 e. The van der Waals surface area contributed by atoms with Crippen LogP contribution in [0.4, 0.5) is 0 Å². The molecule has 1 atom stereocenters. The van der Waals surface area contributed by atoms with Gasteiger partial charge in [-0.05, 0) is 11.1 Å². The zero-order valence-corrected chi connectivity index (χ0v) is 7.31. The van der Waals surface area contributed by atoms with Crippen LogP contribution >= 0.6 is 0 Å². The van der Waals surface area contributed by atoms with E-state index in [9.17, 15) is 0 Å². The largest absolute Gasteiger partial charge is 1.00 e. The number of hydrogen-bond acceptors (Lipinski definition) is 4. The monoisotopic (exact) mass is 148 g/mol. The number of carbonyl (C=O) groups excluding carboxylic acids is 1. The molecule has 8 heavy (non-hydrogen) atoms. The van der Waals surface area contributed by atoms with E-state index in [1.54, 1.807) is 0 Å². The molecule has 44 valence electrons. The maximum absolute atomic E-state index is 9.12. The molecular weight excluding hydrogens is 143 g/mol. The fourth-order valence-electron chi connectivity index (χ4n) is 0. The van der Waals surface area contributed by atoms with Crippen molar-refractivity contribution in [3.63, 3.8) is 0 Å². The normalized spacial score (nSPS) is 9.75. The zero-order chi connectivity index (χ0) is 6.28. The Morgan fingerprint density at radius 2 is 1.75 bits per heavy atom. The summed E-state index contributed by atoms with van der Waals surface area (Å²) in [6.07, 6.45) is 0. The van der Waals surface area contributed by atoms with E-state index in [-0.39, 0.29) is 29.6 Å². The minimum atomic E-state index is -2.27. The molecular formula is C2H5NaO4S. The Hall–Kier alpha value is 0.740. The van der Waals surface area contributed by atoms with Gasteiger partial charge in [0.05, 0.1) is 0 Å². The number of aliphatic hydroxyl groups excluding tert-OH is 1. The Kier molecular flexibility index (Phi) is 31.1. The van der Waals surface area contributed by atoms with Crippen molar-refractivity contribution in [3.05, 3.63) is 0 Å². The van der Waals surface area contributed by atoms with Crippen LogP contribution in [-0.4, -0.2) is 26.6 Å². The van der Waals surface area contributed by atoms with Gasteiger partial charge in [0.25, 0.3) is 0 Å². The van der Waals surface area contributed by atoms with E-state index in [0.717, 1.165) is 0 Å². The standard InChI is InChI=1S/CH4O3S.CH2O.Na/c2-1-5(3)4;1-2;/h2H,1H2,(H,3,4);1H2;/q;;+1/p-1. The molecule has 1 unspecified atom stereocenters. The van der Waals surface area contributed by atoms with Crippen molar-refractivity contribution in [1.29, 1.82) is 0 Å². The van der Waals surface area contributed by atoms with Crippen molar-refractivity contribution in [2.75, 3.05) is 5.94 Å². The smallest absolute Gasteiger partial charge is 0.771 e. The molecule has 0 heterocycles. The van der Waals surface area contributed by atoms with Gasteiger partial charge >= 0.3 is 29.6 Å². The quantitative estimate of drug-likeness (QED) is 0.301. The molecule has 0 rings (SSSR count). The Balaban J connectivity index is -0.0000000750. The average Bonchev–Trinajstić information content (AvgIpc) is 1.73. The van der Waals surface area contributed by atoms with Crippen LogP contribution in [0.25, 0.3) is 0 Å². The predicted octanol–water partition coefficient (Wildman–Crippen LogP) is -4.37. The van der Waals surface area contributed by atoms with Crippen molar-refractivity contribution in [1.82, 2.24) is 0 Å². The SMILES string of the molecule is C=O.O=S([O-])CO.[Na+]. The van der Waals surface area contributed by atoms with Gasteiger partial charge in [-0.25, -0.2) is 0 Å². The molecule has 0 aromatic carbocycles.